The fourth-order valence-corrected chi connectivity index (χ4v) is 2.86. The zero-order valence-corrected chi connectivity index (χ0v) is 17.2. The largest absolute Gasteiger partial charge is 0.493 e. The van der Waals surface area contributed by atoms with Crippen molar-refractivity contribution < 1.29 is 14.3 Å². The average molecular weight is 392 g/mol. The topological polar surface area (TPSA) is 71.6 Å². The molecule has 0 saturated heterocycles. The number of rotatable bonds is 7. The van der Waals surface area contributed by atoms with Crippen molar-refractivity contribution in [2.24, 2.45) is 5.92 Å². The van der Waals surface area contributed by atoms with Crippen LogP contribution in [-0.4, -0.2) is 30.3 Å². The van der Waals surface area contributed by atoms with E-state index in [0.29, 0.717) is 17.6 Å². The van der Waals surface area contributed by atoms with E-state index in [0.717, 1.165) is 42.0 Å². The van der Waals surface area contributed by atoms with Gasteiger partial charge in [0.15, 0.2) is 5.11 Å². The van der Waals surface area contributed by atoms with Gasteiger partial charge in [0.1, 0.15) is 17.6 Å². The molecule has 1 aliphatic rings. The van der Waals surface area contributed by atoms with E-state index in [1.54, 1.807) is 6.08 Å². The Bertz CT molecular complexity index is 704. The lowest BCUT2D eigenvalue weighted by Crippen LogP contribution is -2.46. The summed E-state index contributed by atoms with van der Waals surface area (Å²) in [7, 11) is 0. The van der Waals surface area contributed by atoms with Gasteiger partial charge in [0.05, 0.1) is 6.61 Å². The van der Waals surface area contributed by atoms with Crippen molar-refractivity contribution in [3.05, 3.63) is 29.3 Å². The van der Waals surface area contributed by atoms with Crippen molar-refractivity contribution in [3.63, 3.8) is 0 Å². The van der Waals surface area contributed by atoms with Crippen LogP contribution < -0.4 is 25.6 Å². The van der Waals surface area contributed by atoms with E-state index in [4.69, 9.17) is 21.7 Å². The van der Waals surface area contributed by atoms with Crippen LogP contribution >= 0.6 is 12.2 Å². The highest BCUT2D eigenvalue weighted by atomic mass is 32.1. The molecule has 0 aromatic heterocycles. The number of hydrogen-bond acceptors (Lipinski definition) is 4. The molecule has 0 unspecified atom stereocenters. The zero-order chi connectivity index (χ0) is 19.8. The summed E-state index contributed by atoms with van der Waals surface area (Å²) in [6.45, 7) is 9.58. The van der Waals surface area contributed by atoms with E-state index >= 15 is 0 Å². The van der Waals surface area contributed by atoms with Crippen LogP contribution in [0.25, 0.3) is 6.08 Å². The summed E-state index contributed by atoms with van der Waals surface area (Å²) in [5.74, 6) is 1.88. The molecule has 148 valence electrons. The number of fused-ring (bicyclic) bond motifs is 1. The first-order chi connectivity index (χ1) is 12.9. The van der Waals surface area contributed by atoms with Crippen molar-refractivity contribution in [2.45, 2.75) is 46.6 Å². The van der Waals surface area contributed by atoms with E-state index in [2.05, 4.69) is 30.0 Å². The summed E-state index contributed by atoms with van der Waals surface area (Å²) in [4.78, 5) is 12.0. The number of carbonyl (C=O) groups excluding carboxylic acids is 1. The van der Waals surface area contributed by atoms with Gasteiger partial charge in [-0.15, -0.1) is 0 Å². The summed E-state index contributed by atoms with van der Waals surface area (Å²) in [5, 5.41) is 3.44. The first kappa shape index (κ1) is 21.0. The molecule has 27 heavy (non-hydrogen) atoms. The maximum atomic E-state index is 12.0. The van der Waals surface area contributed by atoms with Crippen molar-refractivity contribution in [1.82, 2.24) is 16.2 Å². The molecular weight excluding hydrogens is 362 g/mol. The molecule has 7 heteroatoms. The van der Waals surface area contributed by atoms with Crippen LogP contribution in [-0.2, 0) is 11.2 Å². The Morgan fingerprint density at radius 3 is 2.89 bits per heavy atom. The molecule has 0 fully saturated rings. The first-order valence-electron chi connectivity index (χ1n) is 9.37. The van der Waals surface area contributed by atoms with Gasteiger partial charge in [-0.3, -0.25) is 15.6 Å². The third-order valence-corrected chi connectivity index (χ3v) is 4.30. The first-order valence-corrected chi connectivity index (χ1v) is 9.78. The second-order valence-electron chi connectivity index (χ2n) is 6.95. The Hall–Kier alpha value is -2.28. The molecule has 1 heterocycles. The maximum Gasteiger partial charge on any atom is 0.262 e. The molecule has 1 aromatic rings. The van der Waals surface area contributed by atoms with E-state index in [-0.39, 0.29) is 12.0 Å². The summed E-state index contributed by atoms with van der Waals surface area (Å²) >= 11 is 5.12. The average Bonchev–Trinajstić information content (AvgIpc) is 2.96. The minimum atomic E-state index is -0.305. The van der Waals surface area contributed by atoms with Crippen molar-refractivity contribution in [3.8, 4) is 11.5 Å². The molecule has 3 N–H and O–H groups in total. The molecule has 6 nitrogen and oxygen atoms in total. The predicted octanol–water partition coefficient (Wildman–Crippen LogP) is 2.96. The van der Waals surface area contributed by atoms with Crippen LogP contribution in [0.15, 0.2) is 18.2 Å². The van der Waals surface area contributed by atoms with Crippen LogP contribution in [0.4, 0.5) is 0 Å². The number of thiocarbonyl (C=S) groups is 1. The second-order valence-corrected chi connectivity index (χ2v) is 7.36. The van der Waals surface area contributed by atoms with Gasteiger partial charge >= 0.3 is 0 Å². The number of carbonyl (C=O) groups is 1. The smallest absolute Gasteiger partial charge is 0.262 e. The highest BCUT2D eigenvalue weighted by molar-refractivity contribution is 7.80. The molecule has 0 spiro atoms. The van der Waals surface area contributed by atoms with Crippen molar-refractivity contribution in [2.75, 3.05) is 13.2 Å². The Balaban J connectivity index is 1.91. The van der Waals surface area contributed by atoms with Gasteiger partial charge in [-0.05, 0) is 56.6 Å². The summed E-state index contributed by atoms with van der Waals surface area (Å²) < 4.78 is 11.5. The highest BCUT2D eigenvalue weighted by Crippen LogP contribution is 2.35. The van der Waals surface area contributed by atoms with Gasteiger partial charge < -0.3 is 14.8 Å². The number of amides is 1. The molecule has 1 atom stereocenters. The maximum absolute atomic E-state index is 12.0. The molecule has 1 amide bonds. The third kappa shape index (κ3) is 6.75. The van der Waals surface area contributed by atoms with Gasteiger partial charge in [-0.25, -0.2) is 0 Å². The molecule has 0 bridgehead atoms. The summed E-state index contributed by atoms with van der Waals surface area (Å²) in [6, 6.07) is 3.91. The standard InChI is InChI=1S/C20H29N3O3S/c1-5-25-17-12-16-10-14(4)26-18(16)11-15(17)6-7-19(24)22-23-20(27)21-9-8-13(2)3/h6-7,11-14H,5,8-10H2,1-4H3,(H,22,24)(H2,21,23,27)/b7-6+/t14-/m0/s1. The predicted molar refractivity (Wildman–Crippen MR) is 112 cm³/mol. The number of benzene rings is 1. The monoisotopic (exact) mass is 391 g/mol. The lowest BCUT2D eigenvalue weighted by atomic mass is 10.1. The van der Waals surface area contributed by atoms with Crippen LogP contribution in [0.2, 0.25) is 0 Å². The van der Waals surface area contributed by atoms with Gasteiger partial charge in [-0.1, -0.05) is 13.8 Å². The normalized spacial score (nSPS) is 15.4. The molecular formula is C20H29N3O3S. The minimum absolute atomic E-state index is 0.158. The molecule has 2 rings (SSSR count). The van der Waals surface area contributed by atoms with Gasteiger partial charge in [0.2, 0.25) is 0 Å². The quantitative estimate of drug-likeness (QED) is 0.377. The summed E-state index contributed by atoms with van der Waals surface area (Å²) in [5.41, 5.74) is 7.18. The van der Waals surface area contributed by atoms with E-state index in [1.807, 2.05) is 26.0 Å². The SMILES string of the molecule is CCOc1cc2c(cc1/C=C/C(=O)NNC(=S)NCCC(C)C)O[C@@H](C)C2. The number of hydrogen-bond donors (Lipinski definition) is 3. The van der Waals surface area contributed by atoms with E-state index < -0.39 is 0 Å². The lowest BCUT2D eigenvalue weighted by Gasteiger charge is -2.12. The highest BCUT2D eigenvalue weighted by Gasteiger charge is 2.21. The van der Waals surface area contributed by atoms with E-state index in [9.17, 15) is 4.79 Å². The van der Waals surface area contributed by atoms with Gasteiger partial charge in [0.25, 0.3) is 5.91 Å². The number of nitrogens with one attached hydrogen (secondary N) is 3. The van der Waals surface area contributed by atoms with Crippen molar-refractivity contribution >= 4 is 29.3 Å². The van der Waals surface area contributed by atoms with Crippen LogP contribution in [0, 0.1) is 5.92 Å². The molecule has 1 aromatic carbocycles. The lowest BCUT2D eigenvalue weighted by molar-refractivity contribution is -0.116. The third-order valence-electron chi connectivity index (χ3n) is 4.05. The van der Waals surface area contributed by atoms with Crippen molar-refractivity contribution in [1.29, 1.82) is 0 Å². The summed E-state index contributed by atoms with van der Waals surface area (Å²) in [6.07, 6.45) is 5.18. The molecule has 0 aliphatic carbocycles. The minimum Gasteiger partial charge on any atom is -0.493 e. The number of ether oxygens (including phenoxy) is 2. The van der Waals surface area contributed by atoms with Gasteiger partial charge in [-0.2, -0.15) is 0 Å². The van der Waals surface area contributed by atoms with Crippen LogP contribution in [0.3, 0.4) is 0 Å². The zero-order valence-electron chi connectivity index (χ0n) is 16.4. The fraction of sp³-hybridized carbons (Fsp3) is 0.500. The Morgan fingerprint density at radius 1 is 1.41 bits per heavy atom. The number of hydrazine groups is 1. The van der Waals surface area contributed by atoms with E-state index in [1.165, 1.54) is 6.08 Å². The Kier molecular flexibility index (Phi) is 7.91. The molecule has 0 saturated carbocycles. The Morgan fingerprint density at radius 2 is 2.19 bits per heavy atom. The van der Waals surface area contributed by atoms with Crippen LogP contribution in [0.1, 0.15) is 45.2 Å². The second kappa shape index (κ2) is 10.2. The van der Waals surface area contributed by atoms with Gasteiger partial charge in [0, 0.05) is 30.2 Å². The Labute approximate surface area is 166 Å². The molecule has 0 radical (unpaired) electrons. The molecule has 1 aliphatic heterocycles. The van der Waals surface area contributed by atoms with Crippen LogP contribution in [0.5, 0.6) is 11.5 Å². The fourth-order valence-electron chi connectivity index (χ4n) is 2.71.